The maximum Gasteiger partial charge on any atom is 0.417 e. The predicted molar refractivity (Wildman–Crippen MR) is 127 cm³/mol. The smallest absolute Gasteiger partial charge is 0.417 e. The van der Waals surface area contributed by atoms with Gasteiger partial charge in [-0.3, -0.25) is 4.79 Å². The average Bonchev–Trinajstić information content (AvgIpc) is 3.22. The second-order valence-electron chi connectivity index (χ2n) is 8.36. The predicted octanol–water partition coefficient (Wildman–Crippen LogP) is 6.29. The van der Waals surface area contributed by atoms with Gasteiger partial charge < -0.3 is 9.47 Å². The molecule has 3 aromatic rings. The van der Waals surface area contributed by atoms with Crippen LogP contribution in [0.5, 0.6) is 5.75 Å². The van der Waals surface area contributed by atoms with Gasteiger partial charge in [-0.1, -0.05) is 86.6 Å². The second kappa shape index (κ2) is 9.90. The molecule has 0 unspecified atom stereocenters. The van der Waals surface area contributed by atoms with E-state index in [1.54, 1.807) is 7.11 Å². The monoisotopic (exact) mass is 443 g/mol. The molecule has 2 amide bonds. The molecule has 5 nitrogen and oxygen atoms in total. The number of hydrogen-bond donors (Lipinski definition) is 0. The first-order chi connectivity index (χ1) is 16.0. The molecule has 4 rings (SSSR count). The van der Waals surface area contributed by atoms with Gasteiger partial charge in [0, 0.05) is 5.92 Å². The minimum Gasteiger partial charge on any atom is -0.497 e. The number of imide groups is 1. The molecular formula is C28H29NO4. The Morgan fingerprint density at radius 3 is 2.21 bits per heavy atom. The van der Waals surface area contributed by atoms with Gasteiger partial charge in [0.15, 0.2) is 6.10 Å². The summed E-state index contributed by atoms with van der Waals surface area (Å²) in [5.74, 6) is 0.0300. The first kappa shape index (κ1) is 22.6. The number of nitrogens with zero attached hydrogens (tertiary/aromatic N) is 1. The van der Waals surface area contributed by atoms with E-state index in [1.807, 2.05) is 91.9 Å². The van der Waals surface area contributed by atoms with Gasteiger partial charge in [-0.15, -0.1) is 0 Å². The van der Waals surface area contributed by atoms with Crippen molar-refractivity contribution >= 4 is 12.0 Å². The Hall–Kier alpha value is -3.60. The SMILES string of the molecule is CC[C@@H](c1cccc(OC)c1)[C@@H](C)C(=O)N1C(=O)O[C@@H](c2ccccc2)[C@H]1c1ccccc1. The number of ether oxygens (including phenoxy) is 2. The number of methoxy groups -OCH3 is 1. The third-order valence-electron chi connectivity index (χ3n) is 6.45. The fraction of sp³-hybridized carbons (Fsp3) is 0.286. The topological polar surface area (TPSA) is 55.8 Å². The summed E-state index contributed by atoms with van der Waals surface area (Å²) >= 11 is 0. The quantitative estimate of drug-likeness (QED) is 0.431. The third-order valence-corrected chi connectivity index (χ3v) is 6.45. The van der Waals surface area contributed by atoms with Gasteiger partial charge in [-0.2, -0.15) is 0 Å². The Kier molecular flexibility index (Phi) is 6.78. The Labute approximate surface area is 194 Å². The van der Waals surface area contributed by atoms with E-state index in [-0.39, 0.29) is 11.8 Å². The van der Waals surface area contributed by atoms with Crippen LogP contribution in [-0.4, -0.2) is 24.0 Å². The molecule has 1 aliphatic heterocycles. The highest BCUT2D eigenvalue weighted by Gasteiger charge is 2.48. The van der Waals surface area contributed by atoms with Crippen LogP contribution in [0.1, 0.15) is 55.0 Å². The molecule has 33 heavy (non-hydrogen) atoms. The fourth-order valence-electron chi connectivity index (χ4n) is 4.71. The molecule has 0 aromatic heterocycles. The molecule has 1 saturated heterocycles. The van der Waals surface area contributed by atoms with Crippen molar-refractivity contribution in [3.8, 4) is 5.75 Å². The molecule has 1 aliphatic rings. The number of carbonyl (C=O) groups is 2. The summed E-state index contributed by atoms with van der Waals surface area (Å²) in [6.07, 6.45) is -0.412. The Morgan fingerprint density at radius 1 is 0.970 bits per heavy atom. The summed E-state index contributed by atoms with van der Waals surface area (Å²) in [7, 11) is 1.63. The molecule has 0 aliphatic carbocycles. The zero-order valence-electron chi connectivity index (χ0n) is 19.2. The van der Waals surface area contributed by atoms with Crippen molar-refractivity contribution in [3.05, 3.63) is 102 Å². The van der Waals surface area contributed by atoms with Crippen LogP contribution in [0.4, 0.5) is 4.79 Å². The molecule has 0 bridgehead atoms. The van der Waals surface area contributed by atoms with Crippen molar-refractivity contribution in [2.45, 2.75) is 38.3 Å². The lowest BCUT2D eigenvalue weighted by atomic mass is 9.83. The number of rotatable bonds is 7. The van der Waals surface area contributed by atoms with E-state index >= 15 is 0 Å². The van der Waals surface area contributed by atoms with E-state index in [4.69, 9.17) is 9.47 Å². The molecule has 4 atom stereocenters. The highest BCUT2D eigenvalue weighted by molar-refractivity contribution is 5.95. The van der Waals surface area contributed by atoms with Crippen molar-refractivity contribution in [3.63, 3.8) is 0 Å². The zero-order valence-corrected chi connectivity index (χ0v) is 19.2. The minimum absolute atomic E-state index is 0.0624. The lowest BCUT2D eigenvalue weighted by Crippen LogP contribution is -2.39. The second-order valence-corrected chi connectivity index (χ2v) is 8.36. The molecule has 0 saturated carbocycles. The van der Waals surface area contributed by atoms with Crippen molar-refractivity contribution in [2.75, 3.05) is 7.11 Å². The Bertz CT molecular complexity index is 1100. The molecule has 0 spiro atoms. The maximum absolute atomic E-state index is 13.8. The number of carbonyl (C=O) groups excluding carboxylic acids is 2. The summed E-state index contributed by atoms with van der Waals surface area (Å²) in [6.45, 7) is 3.94. The molecule has 170 valence electrons. The van der Waals surface area contributed by atoms with Crippen LogP contribution in [0.2, 0.25) is 0 Å². The molecule has 0 radical (unpaired) electrons. The van der Waals surface area contributed by atoms with Gasteiger partial charge in [0.05, 0.1) is 7.11 Å². The normalized spacial score (nSPS) is 19.6. The van der Waals surface area contributed by atoms with E-state index in [0.717, 1.165) is 28.9 Å². The summed E-state index contributed by atoms with van der Waals surface area (Å²) in [4.78, 5) is 28.3. The van der Waals surface area contributed by atoms with Crippen LogP contribution >= 0.6 is 0 Å². The summed E-state index contributed by atoms with van der Waals surface area (Å²) in [5.41, 5.74) is 2.75. The molecular weight excluding hydrogens is 414 g/mol. The maximum atomic E-state index is 13.8. The molecule has 5 heteroatoms. The highest BCUT2D eigenvalue weighted by atomic mass is 16.6. The number of hydrogen-bond acceptors (Lipinski definition) is 4. The van der Waals surface area contributed by atoms with Gasteiger partial charge in [0.25, 0.3) is 0 Å². The molecule has 3 aromatic carbocycles. The van der Waals surface area contributed by atoms with Gasteiger partial charge >= 0.3 is 6.09 Å². The Morgan fingerprint density at radius 2 is 1.61 bits per heavy atom. The fourth-order valence-corrected chi connectivity index (χ4v) is 4.71. The summed E-state index contributed by atoms with van der Waals surface area (Å²) in [6, 6.07) is 26.5. The van der Waals surface area contributed by atoms with Crippen molar-refractivity contribution in [1.82, 2.24) is 4.90 Å². The van der Waals surface area contributed by atoms with E-state index in [2.05, 4.69) is 6.92 Å². The lowest BCUT2D eigenvalue weighted by molar-refractivity contribution is -0.134. The minimum atomic E-state index is -0.602. The Balaban J connectivity index is 1.70. The van der Waals surface area contributed by atoms with Crippen LogP contribution < -0.4 is 4.74 Å². The van der Waals surface area contributed by atoms with Gasteiger partial charge in [-0.25, -0.2) is 9.69 Å². The van der Waals surface area contributed by atoms with Gasteiger partial charge in [0.2, 0.25) is 5.91 Å². The lowest BCUT2D eigenvalue weighted by Gasteiger charge is -2.29. The first-order valence-electron chi connectivity index (χ1n) is 11.3. The highest BCUT2D eigenvalue weighted by Crippen LogP contribution is 2.45. The zero-order chi connectivity index (χ0) is 23.4. The molecule has 1 fully saturated rings. The van der Waals surface area contributed by atoms with Crippen LogP contribution in [0, 0.1) is 5.92 Å². The van der Waals surface area contributed by atoms with Gasteiger partial charge in [-0.05, 0) is 41.2 Å². The third kappa shape index (κ3) is 4.49. The number of amides is 2. The largest absolute Gasteiger partial charge is 0.497 e. The molecule has 0 N–H and O–H groups in total. The number of cyclic esters (lactones) is 1. The molecule has 1 heterocycles. The van der Waals surface area contributed by atoms with E-state index in [9.17, 15) is 9.59 Å². The van der Waals surface area contributed by atoms with E-state index in [0.29, 0.717) is 0 Å². The van der Waals surface area contributed by atoms with Crippen molar-refractivity contribution < 1.29 is 19.1 Å². The standard InChI is InChI=1S/C28H29NO4/c1-4-24(22-16-11-17-23(18-22)32-3)19(2)27(30)29-25(20-12-7-5-8-13-20)26(33-28(29)31)21-14-9-6-10-15-21/h5-19,24-26H,4H2,1-3H3/t19-,24-,25-,26+/m1/s1. The van der Waals surface area contributed by atoms with Crippen LogP contribution in [-0.2, 0) is 9.53 Å². The summed E-state index contributed by atoms with van der Waals surface area (Å²) < 4.78 is 11.2. The van der Waals surface area contributed by atoms with Crippen LogP contribution in [0.15, 0.2) is 84.9 Å². The van der Waals surface area contributed by atoms with Crippen LogP contribution in [0.3, 0.4) is 0 Å². The van der Waals surface area contributed by atoms with Crippen molar-refractivity contribution in [1.29, 1.82) is 0 Å². The number of benzene rings is 3. The van der Waals surface area contributed by atoms with Crippen molar-refractivity contribution in [2.24, 2.45) is 5.92 Å². The van der Waals surface area contributed by atoms with E-state index < -0.39 is 24.2 Å². The van der Waals surface area contributed by atoms with Gasteiger partial charge in [0.1, 0.15) is 11.8 Å². The summed E-state index contributed by atoms with van der Waals surface area (Å²) in [5, 5.41) is 0. The first-order valence-corrected chi connectivity index (χ1v) is 11.3. The average molecular weight is 444 g/mol. The van der Waals surface area contributed by atoms with E-state index in [1.165, 1.54) is 4.90 Å². The van der Waals surface area contributed by atoms with Crippen LogP contribution in [0.25, 0.3) is 0 Å².